The average molecular weight is 203 g/mol. The van der Waals surface area contributed by atoms with Crippen LogP contribution in [0.15, 0.2) is 30.6 Å². The third-order valence-corrected chi connectivity index (χ3v) is 2.09. The van der Waals surface area contributed by atoms with E-state index in [0.29, 0.717) is 5.82 Å². The summed E-state index contributed by atoms with van der Waals surface area (Å²) in [5.74, 6) is 5.89. The summed E-state index contributed by atoms with van der Waals surface area (Å²) in [5.41, 5.74) is 4.60. The number of aromatic nitrogens is 3. The highest BCUT2D eigenvalue weighted by atomic mass is 15.3. The number of nitrogens with zero attached hydrogens (tertiary/aromatic N) is 3. The minimum absolute atomic E-state index is 0.662. The van der Waals surface area contributed by atoms with E-state index in [1.807, 2.05) is 36.0 Å². The summed E-state index contributed by atoms with van der Waals surface area (Å²) in [6, 6.07) is 5.79. The molecule has 5 nitrogen and oxygen atoms in total. The van der Waals surface area contributed by atoms with Crippen LogP contribution in [0.2, 0.25) is 0 Å². The van der Waals surface area contributed by atoms with E-state index in [0.717, 1.165) is 17.8 Å². The van der Waals surface area contributed by atoms with E-state index in [1.165, 1.54) is 0 Å². The molecule has 0 fully saturated rings. The van der Waals surface area contributed by atoms with Gasteiger partial charge in [0.25, 0.3) is 0 Å². The quantitative estimate of drug-likeness (QED) is 0.575. The van der Waals surface area contributed by atoms with Crippen LogP contribution < -0.4 is 11.3 Å². The first kappa shape index (κ1) is 9.67. The standard InChI is InChI=1S/C10H13N5/c1-8-4-5-15(14-8)7-9-2-3-10(13-11)12-6-9/h2-6H,7,11H2,1H3,(H,12,13). The van der Waals surface area contributed by atoms with Crippen molar-refractivity contribution in [1.82, 2.24) is 14.8 Å². The van der Waals surface area contributed by atoms with Crippen molar-refractivity contribution >= 4 is 5.82 Å². The third-order valence-electron chi connectivity index (χ3n) is 2.09. The zero-order valence-electron chi connectivity index (χ0n) is 8.51. The molecule has 0 aliphatic rings. The first-order valence-corrected chi connectivity index (χ1v) is 4.69. The van der Waals surface area contributed by atoms with E-state index in [1.54, 1.807) is 6.20 Å². The molecule has 0 saturated carbocycles. The van der Waals surface area contributed by atoms with Crippen molar-refractivity contribution < 1.29 is 0 Å². The van der Waals surface area contributed by atoms with E-state index in [4.69, 9.17) is 5.84 Å². The van der Waals surface area contributed by atoms with Crippen LogP contribution in [0.25, 0.3) is 0 Å². The van der Waals surface area contributed by atoms with Crippen LogP contribution in [0.3, 0.4) is 0 Å². The van der Waals surface area contributed by atoms with Gasteiger partial charge in [0.1, 0.15) is 5.82 Å². The highest BCUT2D eigenvalue weighted by Gasteiger charge is 1.97. The summed E-state index contributed by atoms with van der Waals surface area (Å²) in [5, 5.41) is 4.30. The molecule has 2 heterocycles. The summed E-state index contributed by atoms with van der Waals surface area (Å²) in [7, 11) is 0. The van der Waals surface area contributed by atoms with Crippen LogP contribution in [0.4, 0.5) is 5.82 Å². The summed E-state index contributed by atoms with van der Waals surface area (Å²) in [6.45, 7) is 2.70. The zero-order valence-corrected chi connectivity index (χ0v) is 8.51. The van der Waals surface area contributed by atoms with Gasteiger partial charge in [0, 0.05) is 12.4 Å². The number of pyridine rings is 1. The van der Waals surface area contributed by atoms with Gasteiger partial charge in [-0.15, -0.1) is 0 Å². The van der Waals surface area contributed by atoms with Crippen molar-refractivity contribution in [2.24, 2.45) is 5.84 Å². The Labute approximate surface area is 87.9 Å². The summed E-state index contributed by atoms with van der Waals surface area (Å²) in [4.78, 5) is 4.12. The van der Waals surface area contributed by atoms with Gasteiger partial charge < -0.3 is 5.43 Å². The van der Waals surface area contributed by atoms with Gasteiger partial charge in [-0.25, -0.2) is 10.8 Å². The topological polar surface area (TPSA) is 68.8 Å². The smallest absolute Gasteiger partial charge is 0.139 e. The van der Waals surface area contributed by atoms with Crippen molar-refractivity contribution in [1.29, 1.82) is 0 Å². The second kappa shape index (κ2) is 4.10. The lowest BCUT2D eigenvalue weighted by atomic mass is 10.3. The molecule has 0 radical (unpaired) electrons. The maximum absolute atomic E-state index is 5.23. The molecule has 0 bridgehead atoms. The number of aryl methyl sites for hydroxylation is 1. The predicted molar refractivity (Wildman–Crippen MR) is 58.1 cm³/mol. The van der Waals surface area contributed by atoms with Gasteiger partial charge in [0.2, 0.25) is 0 Å². The third kappa shape index (κ3) is 2.32. The van der Waals surface area contributed by atoms with E-state index < -0.39 is 0 Å². The molecule has 2 aromatic rings. The number of anilines is 1. The zero-order chi connectivity index (χ0) is 10.7. The molecule has 0 aliphatic carbocycles. The number of hydrogen-bond acceptors (Lipinski definition) is 4. The first-order valence-electron chi connectivity index (χ1n) is 4.69. The number of nitrogens with two attached hydrogens (primary N) is 1. The molecule has 0 spiro atoms. The van der Waals surface area contributed by atoms with Crippen molar-refractivity contribution in [2.45, 2.75) is 13.5 Å². The van der Waals surface area contributed by atoms with E-state index in [2.05, 4.69) is 15.5 Å². The van der Waals surface area contributed by atoms with Crippen molar-refractivity contribution in [3.63, 3.8) is 0 Å². The molecule has 5 heteroatoms. The van der Waals surface area contributed by atoms with Crippen LogP contribution in [0, 0.1) is 6.92 Å². The summed E-state index contributed by atoms with van der Waals surface area (Å²) in [6.07, 6.45) is 3.73. The maximum atomic E-state index is 5.23. The lowest BCUT2D eigenvalue weighted by Gasteiger charge is -2.03. The lowest BCUT2D eigenvalue weighted by Crippen LogP contribution is -2.08. The van der Waals surface area contributed by atoms with Gasteiger partial charge in [0.15, 0.2) is 0 Å². The number of hydrazine groups is 1. The van der Waals surface area contributed by atoms with Crippen molar-refractivity contribution in [3.05, 3.63) is 41.9 Å². The Morgan fingerprint density at radius 2 is 2.27 bits per heavy atom. The van der Waals surface area contributed by atoms with Crippen molar-refractivity contribution in [3.8, 4) is 0 Å². The second-order valence-corrected chi connectivity index (χ2v) is 3.35. The molecule has 0 atom stereocenters. The Hall–Kier alpha value is -1.88. The molecule has 0 saturated heterocycles. The van der Waals surface area contributed by atoms with Crippen LogP contribution >= 0.6 is 0 Å². The van der Waals surface area contributed by atoms with E-state index in [9.17, 15) is 0 Å². The number of rotatable bonds is 3. The van der Waals surface area contributed by atoms with Gasteiger partial charge in [-0.3, -0.25) is 4.68 Å². The van der Waals surface area contributed by atoms with Gasteiger partial charge >= 0.3 is 0 Å². The summed E-state index contributed by atoms with van der Waals surface area (Å²) < 4.78 is 1.88. The Balaban J connectivity index is 2.11. The summed E-state index contributed by atoms with van der Waals surface area (Å²) >= 11 is 0. The van der Waals surface area contributed by atoms with E-state index >= 15 is 0 Å². The molecule has 78 valence electrons. The number of nitrogens with one attached hydrogen (secondary N) is 1. The molecule has 0 unspecified atom stereocenters. The molecule has 0 amide bonds. The average Bonchev–Trinajstić information content (AvgIpc) is 2.65. The minimum atomic E-state index is 0.662. The molecule has 2 aromatic heterocycles. The molecule has 15 heavy (non-hydrogen) atoms. The Morgan fingerprint density at radius 3 is 2.80 bits per heavy atom. The Bertz CT molecular complexity index is 431. The lowest BCUT2D eigenvalue weighted by molar-refractivity contribution is 0.678. The van der Waals surface area contributed by atoms with Crippen molar-refractivity contribution in [2.75, 3.05) is 5.43 Å². The van der Waals surface area contributed by atoms with E-state index in [-0.39, 0.29) is 0 Å². The first-order chi connectivity index (χ1) is 7.28. The largest absolute Gasteiger partial charge is 0.308 e. The fraction of sp³-hybridized carbons (Fsp3) is 0.200. The molecule has 0 aromatic carbocycles. The highest BCUT2D eigenvalue weighted by molar-refractivity contribution is 5.33. The molecule has 0 aliphatic heterocycles. The second-order valence-electron chi connectivity index (χ2n) is 3.35. The van der Waals surface area contributed by atoms with Gasteiger partial charge in [-0.1, -0.05) is 6.07 Å². The van der Waals surface area contributed by atoms with Crippen LogP contribution in [0.5, 0.6) is 0 Å². The normalized spacial score (nSPS) is 10.3. The fourth-order valence-electron chi connectivity index (χ4n) is 1.34. The van der Waals surface area contributed by atoms with Gasteiger partial charge in [-0.2, -0.15) is 5.10 Å². The number of hydrogen-bond donors (Lipinski definition) is 2. The fourth-order valence-corrected chi connectivity index (χ4v) is 1.34. The SMILES string of the molecule is Cc1ccn(Cc2ccc(NN)nc2)n1. The minimum Gasteiger partial charge on any atom is -0.308 e. The van der Waals surface area contributed by atoms with Crippen LogP contribution in [-0.4, -0.2) is 14.8 Å². The van der Waals surface area contributed by atoms with Crippen LogP contribution in [-0.2, 0) is 6.54 Å². The maximum Gasteiger partial charge on any atom is 0.139 e. The highest BCUT2D eigenvalue weighted by Crippen LogP contribution is 2.05. The van der Waals surface area contributed by atoms with Gasteiger partial charge in [-0.05, 0) is 24.6 Å². The number of nitrogen functional groups attached to an aromatic ring is 1. The molecular weight excluding hydrogens is 190 g/mol. The van der Waals surface area contributed by atoms with Crippen LogP contribution in [0.1, 0.15) is 11.3 Å². The Kier molecular flexibility index (Phi) is 2.64. The predicted octanol–water partition coefficient (Wildman–Crippen LogP) is 0.920. The Morgan fingerprint density at radius 1 is 1.40 bits per heavy atom. The van der Waals surface area contributed by atoms with Gasteiger partial charge in [0.05, 0.1) is 12.2 Å². The monoisotopic (exact) mass is 203 g/mol. The molecular formula is C10H13N5. The molecule has 2 rings (SSSR count). The molecule has 3 N–H and O–H groups in total.